The maximum atomic E-state index is 6.60. The Kier molecular flexibility index (Phi) is 18.4. The van der Waals surface area contributed by atoms with Crippen molar-refractivity contribution in [3.63, 3.8) is 0 Å². The van der Waals surface area contributed by atoms with Crippen molar-refractivity contribution in [2.45, 2.75) is 117 Å². The molecular formula is C38H58O2S2. The molecule has 234 valence electrons. The number of ether oxygens (including phenoxy) is 2. The van der Waals surface area contributed by atoms with E-state index >= 15 is 0 Å². The molecule has 0 aromatic heterocycles. The fourth-order valence-electron chi connectivity index (χ4n) is 5.52. The van der Waals surface area contributed by atoms with Crippen molar-refractivity contribution in [2.24, 2.45) is 0 Å². The summed E-state index contributed by atoms with van der Waals surface area (Å²) in [4.78, 5) is 0. The van der Waals surface area contributed by atoms with Gasteiger partial charge in [0.2, 0.25) is 0 Å². The Morgan fingerprint density at radius 3 is 1.45 bits per heavy atom. The molecule has 0 unspecified atom stereocenters. The lowest BCUT2D eigenvalue weighted by Crippen LogP contribution is -2.04. The summed E-state index contributed by atoms with van der Waals surface area (Å²) in [5.41, 5.74) is 1.34. The smallest absolute Gasteiger partial charge is 0.135 e. The number of thioether (sulfide) groups is 2. The lowest BCUT2D eigenvalue weighted by molar-refractivity contribution is 0.321. The molecule has 2 nitrogen and oxygen atoms in total. The molecule has 42 heavy (non-hydrogen) atoms. The summed E-state index contributed by atoms with van der Waals surface area (Å²) in [6.07, 6.45) is 19.7. The van der Waals surface area contributed by atoms with Gasteiger partial charge in [0.25, 0.3) is 0 Å². The quantitative estimate of drug-likeness (QED) is 0.0701. The molecule has 0 radical (unpaired) electrons. The van der Waals surface area contributed by atoms with Crippen molar-refractivity contribution in [1.29, 1.82) is 0 Å². The van der Waals surface area contributed by atoms with E-state index in [0.29, 0.717) is 0 Å². The Morgan fingerprint density at radius 2 is 0.929 bits per heavy atom. The maximum Gasteiger partial charge on any atom is 0.135 e. The second-order valence-corrected chi connectivity index (χ2v) is 14.1. The number of hydrogen-bond donors (Lipinski definition) is 0. The molecule has 0 bridgehead atoms. The molecule has 3 aromatic rings. The lowest BCUT2D eigenvalue weighted by atomic mass is 9.98. The van der Waals surface area contributed by atoms with Gasteiger partial charge >= 0.3 is 0 Å². The van der Waals surface area contributed by atoms with E-state index in [2.05, 4.69) is 86.8 Å². The van der Waals surface area contributed by atoms with E-state index in [-0.39, 0.29) is 0 Å². The molecule has 0 N–H and O–H groups in total. The van der Waals surface area contributed by atoms with Crippen molar-refractivity contribution >= 4 is 45.1 Å². The van der Waals surface area contributed by atoms with Gasteiger partial charge in [-0.15, -0.1) is 0 Å². The molecule has 0 amide bonds. The highest BCUT2D eigenvalue weighted by atomic mass is 32.2. The molecule has 0 saturated carbocycles. The van der Waals surface area contributed by atoms with Crippen LogP contribution < -0.4 is 9.47 Å². The second-order valence-electron chi connectivity index (χ2n) is 11.6. The first-order valence-electron chi connectivity index (χ1n) is 17.2. The van der Waals surface area contributed by atoms with E-state index in [0.717, 1.165) is 44.0 Å². The Labute approximate surface area is 266 Å². The number of rotatable bonds is 25. The summed E-state index contributed by atoms with van der Waals surface area (Å²) in [6.45, 7) is 8.31. The van der Waals surface area contributed by atoms with E-state index in [9.17, 15) is 0 Å². The number of benzene rings is 3. The average molecular weight is 611 g/mol. The van der Waals surface area contributed by atoms with Crippen LogP contribution in [0.5, 0.6) is 11.5 Å². The summed E-state index contributed by atoms with van der Waals surface area (Å²) in [5.74, 6) is 6.94. The fourth-order valence-corrected chi connectivity index (χ4v) is 7.39. The van der Waals surface area contributed by atoms with Crippen molar-refractivity contribution in [2.75, 3.05) is 36.2 Å². The molecule has 0 fully saturated rings. The van der Waals surface area contributed by atoms with Crippen LogP contribution in [0.3, 0.4) is 0 Å². The molecule has 0 spiro atoms. The second kappa shape index (κ2) is 22.1. The summed E-state index contributed by atoms with van der Waals surface area (Å²) in [7, 11) is 0. The highest BCUT2D eigenvalue weighted by Crippen LogP contribution is 2.43. The Balaban J connectivity index is 1.55. The predicted molar refractivity (Wildman–Crippen MR) is 192 cm³/mol. The molecule has 4 heteroatoms. The van der Waals surface area contributed by atoms with Gasteiger partial charge in [0.05, 0.1) is 13.2 Å². The molecule has 3 aromatic carbocycles. The number of aryl methyl sites for hydroxylation is 1. The van der Waals surface area contributed by atoms with E-state index < -0.39 is 0 Å². The standard InChI is InChI=1S/C38H58O2S2/c1-4-7-9-11-13-17-27-41-29-19-25-39-37-33-21-15-16-22-34(33)38(36-31-32(6-3)23-24-35(36)37)40-26-20-30-42-28-18-14-12-10-8-5-2/h15-16,21-24,31H,4-14,17-20,25-30H2,1-3H3. The van der Waals surface area contributed by atoms with Gasteiger partial charge in [-0.05, 0) is 66.7 Å². The number of unbranched alkanes of at least 4 members (excludes halogenated alkanes) is 10. The van der Waals surface area contributed by atoms with E-state index in [1.54, 1.807) is 0 Å². The van der Waals surface area contributed by atoms with Crippen LogP contribution in [-0.4, -0.2) is 36.2 Å². The first kappa shape index (κ1) is 35.0. The first-order chi connectivity index (χ1) is 20.8. The summed E-state index contributed by atoms with van der Waals surface area (Å²) in [6, 6.07) is 15.5. The van der Waals surface area contributed by atoms with Crippen LogP contribution in [0.15, 0.2) is 42.5 Å². The van der Waals surface area contributed by atoms with Gasteiger partial charge in [0.15, 0.2) is 0 Å². The third-order valence-electron chi connectivity index (χ3n) is 8.04. The molecule has 0 saturated heterocycles. The molecule has 0 atom stereocenters. The molecule has 0 aliphatic heterocycles. The van der Waals surface area contributed by atoms with Gasteiger partial charge < -0.3 is 9.47 Å². The molecule has 0 heterocycles. The van der Waals surface area contributed by atoms with E-state index in [1.807, 2.05) is 0 Å². The lowest BCUT2D eigenvalue weighted by Gasteiger charge is -2.18. The zero-order chi connectivity index (χ0) is 29.7. The predicted octanol–water partition coefficient (Wildman–Crippen LogP) is 12.3. The van der Waals surface area contributed by atoms with Gasteiger partial charge in [-0.3, -0.25) is 0 Å². The average Bonchev–Trinajstić information content (AvgIpc) is 3.02. The molecular weight excluding hydrogens is 553 g/mol. The van der Waals surface area contributed by atoms with Crippen molar-refractivity contribution in [1.82, 2.24) is 0 Å². The van der Waals surface area contributed by atoms with Crippen LogP contribution in [0.25, 0.3) is 21.5 Å². The normalized spacial score (nSPS) is 11.5. The zero-order valence-corrected chi connectivity index (χ0v) is 28.7. The monoisotopic (exact) mass is 610 g/mol. The maximum absolute atomic E-state index is 6.60. The first-order valence-corrected chi connectivity index (χ1v) is 19.5. The van der Waals surface area contributed by atoms with Crippen LogP contribution in [0.2, 0.25) is 0 Å². The van der Waals surface area contributed by atoms with Crippen LogP contribution in [0.4, 0.5) is 0 Å². The van der Waals surface area contributed by atoms with Crippen molar-refractivity contribution < 1.29 is 9.47 Å². The van der Waals surface area contributed by atoms with Crippen LogP contribution in [0, 0.1) is 0 Å². The topological polar surface area (TPSA) is 18.5 Å². The van der Waals surface area contributed by atoms with Crippen molar-refractivity contribution in [3.05, 3.63) is 48.0 Å². The highest BCUT2D eigenvalue weighted by Gasteiger charge is 2.16. The minimum Gasteiger partial charge on any atom is -0.492 e. The number of fused-ring (bicyclic) bond motifs is 2. The summed E-state index contributed by atoms with van der Waals surface area (Å²) >= 11 is 4.17. The van der Waals surface area contributed by atoms with Crippen LogP contribution in [-0.2, 0) is 6.42 Å². The minimum atomic E-state index is 0.758. The van der Waals surface area contributed by atoms with E-state index in [4.69, 9.17) is 9.47 Å². The summed E-state index contributed by atoms with van der Waals surface area (Å²) in [5, 5.41) is 4.71. The number of hydrogen-bond acceptors (Lipinski definition) is 4. The molecule has 3 rings (SSSR count). The van der Waals surface area contributed by atoms with Gasteiger partial charge in [-0.2, -0.15) is 23.5 Å². The Hall–Kier alpha value is -1.52. The van der Waals surface area contributed by atoms with Crippen LogP contribution >= 0.6 is 23.5 Å². The molecule has 0 aliphatic carbocycles. The van der Waals surface area contributed by atoms with E-state index in [1.165, 1.54) is 127 Å². The molecule has 0 aliphatic rings. The van der Waals surface area contributed by atoms with Gasteiger partial charge in [0.1, 0.15) is 11.5 Å². The largest absolute Gasteiger partial charge is 0.492 e. The highest BCUT2D eigenvalue weighted by molar-refractivity contribution is 7.99. The fraction of sp³-hybridized carbons (Fsp3) is 0.632. The van der Waals surface area contributed by atoms with Gasteiger partial charge in [-0.25, -0.2) is 0 Å². The summed E-state index contributed by atoms with van der Waals surface area (Å²) < 4.78 is 13.2. The SMILES string of the molecule is CCCCCCCCSCCCOc1c2ccccc2c(OCCCSCCCCCCCC)c2cc(CC)ccc12. The Morgan fingerprint density at radius 1 is 0.476 bits per heavy atom. The van der Waals surface area contributed by atoms with Crippen molar-refractivity contribution in [3.8, 4) is 11.5 Å². The van der Waals surface area contributed by atoms with Gasteiger partial charge in [0, 0.05) is 21.5 Å². The third kappa shape index (κ3) is 12.2. The minimum absolute atomic E-state index is 0.758. The third-order valence-corrected chi connectivity index (χ3v) is 10.4. The van der Waals surface area contributed by atoms with Crippen LogP contribution in [0.1, 0.15) is 116 Å². The Bertz CT molecular complexity index is 1130. The zero-order valence-electron chi connectivity index (χ0n) is 27.0. The van der Waals surface area contributed by atoms with Gasteiger partial charge in [-0.1, -0.05) is 121 Å².